The number of hydrogen-bond donors (Lipinski definition) is 0. The van der Waals surface area contributed by atoms with Crippen LogP contribution in [-0.2, 0) is 12.4 Å². The van der Waals surface area contributed by atoms with E-state index in [-0.39, 0.29) is 11.4 Å². The van der Waals surface area contributed by atoms with Crippen molar-refractivity contribution in [2.75, 3.05) is 0 Å². The van der Waals surface area contributed by atoms with Crippen molar-refractivity contribution in [3.05, 3.63) is 62.3 Å². The summed E-state index contributed by atoms with van der Waals surface area (Å²) in [6.07, 6.45) is 0. The smallest absolute Gasteiger partial charge is 0.261 e. The number of rotatable bonds is 3. The van der Waals surface area contributed by atoms with Crippen LogP contribution in [0.4, 0.5) is 0 Å². The zero-order valence-electron chi connectivity index (χ0n) is 11.0. The Morgan fingerprint density at radius 3 is 2.80 bits per heavy atom. The lowest BCUT2D eigenvalue weighted by Crippen LogP contribution is -2.25. The summed E-state index contributed by atoms with van der Waals surface area (Å²) in [5.74, 6) is 0.841. The van der Waals surface area contributed by atoms with Gasteiger partial charge in [-0.25, -0.2) is 4.98 Å². The fourth-order valence-electron chi connectivity index (χ4n) is 2.19. The Morgan fingerprint density at radius 2 is 2.10 bits per heavy atom. The topological polar surface area (TPSA) is 34.9 Å². The van der Waals surface area contributed by atoms with E-state index in [2.05, 4.69) is 11.1 Å². The van der Waals surface area contributed by atoms with Crippen LogP contribution in [0, 0.1) is 6.92 Å². The monoisotopic (exact) mass is 304 g/mol. The number of para-hydroxylation sites is 1. The highest BCUT2D eigenvalue weighted by Crippen LogP contribution is 2.18. The van der Waals surface area contributed by atoms with Crippen molar-refractivity contribution in [3.8, 4) is 0 Å². The number of alkyl halides is 1. The molecule has 0 bridgehead atoms. The van der Waals surface area contributed by atoms with Gasteiger partial charge in [-0.1, -0.05) is 12.1 Å². The summed E-state index contributed by atoms with van der Waals surface area (Å²) >= 11 is 7.61. The molecule has 5 heteroatoms. The molecule has 0 unspecified atom stereocenters. The molecular formula is C15H13ClN2OS. The van der Waals surface area contributed by atoms with Crippen LogP contribution in [0.1, 0.15) is 16.3 Å². The molecule has 2 aromatic heterocycles. The Balaban J connectivity index is 2.21. The number of hydrogen-bond acceptors (Lipinski definition) is 3. The van der Waals surface area contributed by atoms with Gasteiger partial charge >= 0.3 is 0 Å². The Bertz CT molecular complexity index is 822. The second-order valence-corrected chi connectivity index (χ2v) is 5.86. The fourth-order valence-corrected chi connectivity index (χ4v) is 3.29. The van der Waals surface area contributed by atoms with Gasteiger partial charge in [-0.15, -0.1) is 22.9 Å². The maximum Gasteiger partial charge on any atom is 0.261 e. The third-order valence-electron chi connectivity index (χ3n) is 3.33. The van der Waals surface area contributed by atoms with Crippen molar-refractivity contribution < 1.29 is 0 Å². The Labute approximate surface area is 125 Å². The van der Waals surface area contributed by atoms with Crippen LogP contribution in [0.5, 0.6) is 0 Å². The van der Waals surface area contributed by atoms with Gasteiger partial charge in [0, 0.05) is 4.88 Å². The molecule has 0 fully saturated rings. The van der Waals surface area contributed by atoms with Gasteiger partial charge in [0.05, 0.1) is 23.3 Å². The zero-order chi connectivity index (χ0) is 14.1. The van der Waals surface area contributed by atoms with Crippen LogP contribution in [0.2, 0.25) is 0 Å². The molecule has 0 radical (unpaired) electrons. The SMILES string of the molecule is Cc1ccsc1Cn1c(CCl)nc2ccccc2c1=O. The molecule has 3 nitrogen and oxygen atoms in total. The lowest BCUT2D eigenvalue weighted by Gasteiger charge is -2.11. The molecule has 0 saturated heterocycles. The first-order chi connectivity index (χ1) is 9.70. The number of aromatic nitrogens is 2. The Hall–Kier alpha value is -1.65. The standard InChI is InChI=1S/C15H13ClN2OS/c1-10-6-7-20-13(10)9-18-14(8-16)17-12-5-3-2-4-11(12)15(18)19/h2-7H,8-9H2,1H3. The highest BCUT2D eigenvalue weighted by Gasteiger charge is 2.11. The number of fused-ring (bicyclic) bond motifs is 1. The van der Waals surface area contributed by atoms with E-state index in [1.165, 1.54) is 5.56 Å². The van der Waals surface area contributed by atoms with Gasteiger partial charge in [-0.3, -0.25) is 9.36 Å². The number of halogens is 1. The predicted molar refractivity (Wildman–Crippen MR) is 83.7 cm³/mol. The first kappa shape index (κ1) is 13.3. The minimum absolute atomic E-state index is 0.0287. The second kappa shape index (κ2) is 5.38. The molecule has 0 spiro atoms. The van der Waals surface area contributed by atoms with E-state index < -0.39 is 0 Å². The van der Waals surface area contributed by atoms with E-state index in [4.69, 9.17) is 11.6 Å². The van der Waals surface area contributed by atoms with Gasteiger partial charge in [-0.05, 0) is 36.1 Å². The van der Waals surface area contributed by atoms with E-state index in [0.717, 1.165) is 4.88 Å². The van der Waals surface area contributed by atoms with E-state index in [0.29, 0.717) is 23.3 Å². The maximum absolute atomic E-state index is 12.6. The van der Waals surface area contributed by atoms with Crippen molar-refractivity contribution in [1.29, 1.82) is 0 Å². The molecule has 0 saturated carbocycles. The molecule has 20 heavy (non-hydrogen) atoms. The van der Waals surface area contributed by atoms with Gasteiger partial charge in [0.15, 0.2) is 0 Å². The Morgan fingerprint density at radius 1 is 1.30 bits per heavy atom. The third-order valence-corrected chi connectivity index (χ3v) is 4.58. The summed E-state index contributed by atoms with van der Waals surface area (Å²) in [4.78, 5) is 18.3. The summed E-state index contributed by atoms with van der Waals surface area (Å²) in [6.45, 7) is 2.58. The molecular weight excluding hydrogens is 292 g/mol. The van der Waals surface area contributed by atoms with Gasteiger partial charge in [0.25, 0.3) is 5.56 Å². The molecule has 3 aromatic rings. The normalized spacial score (nSPS) is 11.1. The maximum atomic E-state index is 12.6. The molecule has 1 aromatic carbocycles. The van der Waals surface area contributed by atoms with Crippen LogP contribution in [-0.4, -0.2) is 9.55 Å². The molecule has 0 N–H and O–H groups in total. The quantitative estimate of drug-likeness (QED) is 0.694. The summed E-state index contributed by atoms with van der Waals surface area (Å²) in [5, 5.41) is 2.67. The average Bonchev–Trinajstić information content (AvgIpc) is 2.87. The molecule has 0 aliphatic rings. The number of thiophene rings is 1. The van der Waals surface area contributed by atoms with Crippen molar-refractivity contribution in [2.45, 2.75) is 19.3 Å². The van der Waals surface area contributed by atoms with Gasteiger partial charge in [0.1, 0.15) is 5.82 Å². The number of aryl methyl sites for hydroxylation is 1. The van der Waals surface area contributed by atoms with Crippen LogP contribution in [0.3, 0.4) is 0 Å². The molecule has 3 rings (SSSR count). The van der Waals surface area contributed by atoms with Gasteiger partial charge in [-0.2, -0.15) is 0 Å². The lowest BCUT2D eigenvalue weighted by atomic mass is 10.2. The highest BCUT2D eigenvalue weighted by molar-refractivity contribution is 7.10. The third kappa shape index (κ3) is 2.25. The second-order valence-electron chi connectivity index (χ2n) is 4.60. The summed E-state index contributed by atoms with van der Waals surface area (Å²) in [5.41, 5.74) is 1.86. The van der Waals surface area contributed by atoms with Crippen molar-refractivity contribution >= 4 is 33.8 Å². The molecule has 2 heterocycles. The van der Waals surface area contributed by atoms with Crippen molar-refractivity contribution in [2.24, 2.45) is 0 Å². The van der Waals surface area contributed by atoms with E-state index >= 15 is 0 Å². The predicted octanol–water partition coefficient (Wildman–Crippen LogP) is 3.55. The van der Waals surface area contributed by atoms with Crippen LogP contribution in [0.15, 0.2) is 40.5 Å². The van der Waals surface area contributed by atoms with Crippen molar-refractivity contribution in [1.82, 2.24) is 9.55 Å². The lowest BCUT2D eigenvalue weighted by molar-refractivity contribution is 0.712. The fraction of sp³-hybridized carbons (Fsp3) is 0.200. The minimum Gasteiger partial charge on any atom is -0.290 e. The average molecular weight is 305 g/mol. The van der Waals surface area contributed by atoms with Gasteiger partial charge < -0.3 is 0 Å². The number of benzene rings is 1. The highest BCUT2D eigenvalue weighted by atomic mass is 35.5. The van der Waals surface area contributed by atoms with Crippen molar-refractivity contribution in [3.63, 3.8) is 0 Å². The van der Waals surface area contributed by atoms with Crippen LogP contribution >= 0.6 is 22.9 Å². The molecule has 102 valence electrons. The van der Waals surface area contributed by atoms with E-state index in [9.17, 15) is 4.79 Å². The molecule has 0 aliphatic heterocycles. The van der Waals surface area contributed by atoms with Crippen LogP contribution < -0.4 is 5.56 Å². The van der Waals surface area contributed by atoms with E-state index in [1.807, 2.05) is 30.5 Å². The molecule has 0 aliphatic carbocycles. The molecule has 0 amide bonds. The summed E-state index contributed by atoms with van der Waals surface area (Å²) < 4.78 is 1.67. The first-order valence-electron chi connectivity index (χ1n) is 6.28. The molecule has 0 atom stereocenters. The zero-order valence-corrected chi connectivity index (χ0v) is 12.5. The Kier molecular flexibility index (Phi) is 3.59. The minimum atomic E-state index is -0.0287. The number of nitrogens with zero attached hydrogens (tertiary/aromatic N) is 2. The summed E-state index contributed by atoms with van der Waals surface area (Å²) in [7, 11) is 0. The summed E-state index contributed by atoms with van der Waals surface area (Å²) in [6, 6.07) is 9.43. The van der Waals surface area contributed by atoms with Gasteiger partial charge in [0.2, 0.25) is 0 Å². The first-order valence-corrected chi connectivity index (χ1v) is 7.69. The van der Waals surface area contributed by atoms with Crippen LogP contribution in [0.25, 0.3) is 10.9 Å². The van der Waals surface area contributed by atoms with E-state index in [1.54, 1.807) is 22.0 Å². The largest absolute Gasteiger partial charge is 0.290 e.